The van der Waals surface area contributed by atoms with Gasteiger partial charge in [-0.05, 0) is 70.6 Å². The first kappa shape index (κ1) is 69.9. The highest BCUT2D eigenvalue weighted by molar-refractivity contribution is 5.71. The molecule has 0 rings (SSSR count). The number of esters is 3. The van der Waals surface area contributed by atoms with Gasteiger partial charge < -0.3 is 14.2 Å². The first-order valence-corrected chi connectivity index (χ1v) is 32.3. The highest BCUT2D eigenvalue weighted by Crippen LogP contribution is 2.17. The summed E-state index contributed by atoms with van der Waals surface area (Å²) in [4.78, 5) is 38.0. The number of ether oxygens (including phenoxy) is 3. The van der Waals surface area contributed by atoms with Crippen LogP contribution in [-0.2, 0) is 28.6 Å². The van der Waals surface area contributed by atoms with Gasteiger partial charge in [0, 0.05) is 19.3 Å². The summed E-state index contributed by atoms with van der Waals surface area (Å²) in [6.45, 7) is 6.64. The van der Waals surface area contributed by atoms with E-state index in [1.807, 2.05) is 0 Å². The topological polar surface area (TPSA) is 78.9 Å². The van der Waals surface area contributed by atoms with E-state index in [2.05, 4.69) is 45.1 Å². The molecule has 0 bridgehead atoms. The lowest BCUT2D eigenvalue weighted by molar-refractivity contribution is -0.167. The Bertz CT molecular complexity index is 1160. The number of hydrogen-bond acceptors (Lipinski definition) is 6. The van der Waals surface area contributed by atoms with E-state index in [-0.39, 0.29) is 31.1 Å². The van der Waals surface area contributed by atoms with Crippen LogP contribution in [0.3, 0.4) is 0 Å². The maximum atomic E-state index is 12.8. The summed E-state index contributed by atoms with van der Waals surface area (Å²) in [5.74, 6) is -0.856. The van der Waals surface area contributed by atoms with Crippen LogP contribution in [0, 0.1) is 0 Å². The molecule has 0 fully saturated rings. The third kappa shape index (κ3) is 58.8. The van der Waals surface area contributed by atoms with E-state index in [4.69, 9.17) is 14.2 Å². The third-order valence-corrected chi connectivity index (χ3v) is 14.7. The van der Waals surface area contributed by atoms with Crippen molar-refractivity contribution in [3.05, 3.63) is 24.3 Å². The molecular formula is C66H124O6. The second kappa shape index (κ2) is 61.4. The van der Waals surface area contributed by atoms with E-state index in [0.717, 1.165) is 57.8 Å². The summed E-state index contributed by atoms with van der Waals surface area (Å²) < 4.78 is 16.8. The number of carbonyl (C=O) groups is 3. The van der Waals surface area contributed by atoms with Gasteiger partial charge in [-0.15, -0.1) is 0 Å². The summed E-state index contributed by atoms with van der Waals surface area (Å²) in [6.07, 6.45) is 73.7. The first-order chi connectivity index (χ1) is 35.5. The minimum Gasteiger partial charge on any atom is -0.462 e. The van der Waals surface area contributed by atoms with Crippen molar-refractivity contribution in [1.29, 1.82) is 0 Å². The van der Waals surface area contributed by atoms with Gasteiger partial charge in [0.1, 0.15) is 13.2 Å². The molecule has 0 spiro atoms. The molecule has 1 atom stereocenters. The van der Waals surface area contributed by atoms with Crippen LogP contribution < -0.4 is 0 Å². The quantitative estimate of drug-likeness (QED) is 0.0261. The van der Waals surface area contributed by atoms with Gasteiger partial charge in [0.25, 0.3) is 0 Å². The highest BCUT2D eigenvalue weighted by atomic mass is 16.6. The lowest BCUT2D eigenvalue weighted by atomic mass is 10.0. The average Bonchev–Trinajstić information content (AvgIpc) is 3.38. The Morgan fingerprint density at radius 1 is 0.264 bits per heavy atom. The molecular weight excluding hydrogens is 889 g/mol. The van der Waals surface area contributed by atoms with Crippen molar-refractivity contribution in [2.45, 2.75) is 367 Å². The summed E-state index contributed by atoms with van der Waals surface area (Å²) in [7, 11) is 0. The molecule has 0 heterocycles. The fraction of sp³-hybridized carbons (Fsp3) is 0.894. The van der Waals surface area contributed by atoms with Crippen molar-refractivity contribution < 1.29 is 28.6 Å². The molecule has 0 aliphatic heterocycles. The molecule has 0 saturated carbocycles. The zero-order valence-electron chi connectivity index (χ0n) is 48.7. The van der Waals surface area contributed by atoms with Crippen molar-refractivity contribution in [3.8, 4) is 0 Å². The molecule has 1 unspecified atom stereocenters. The molecule has 0 N–H and O–H groups in total. The molecule has 0 radical (unpaired) electrons. The van der Waals surface area contributed by atoms with Gasteiger partial charge in [-0.1, -0.05) is 295 Å². The van der Waals surface area contributed by atoms with Crippen LogP contribution >= 0.6 is 0 Å². The van der Waals surface area contributed by atoms with Crippen LogP contribution in [0.2, 0.25) is 0 Å². The van der Waals surface area contributed by atoms with Crippen LogP contribution in [0.15, 0.2) is 24.3 Å². The first-order valence-electron chi connectivity index (χ1n) is 32.3. The SMILES string of the molecule is CCCCCCCCCC/C=C\CCCCCCCCCCCCCCCC(=O)OCC(COC(=O)CCCCCCCC)OC(=O)CCCCCCCCCCCCC/C=C\CCCCCCCCCC. The van der Waals surface area contributed by atoms with Gasteiger partial charge in [0.05, 0.1) is 0 Å². The van der Waals surface area contributed by atoms with E-state index < -0.39 is 6.10 Å². The van der Waals surface area contributed by atoms with Crippen LogP contribution in [0.4, 0.5) is 0 Å². The predicted octanol–water partition coefficient (Wildman–Crippen LogP) is 21.8. The zero-order valence-corrected chi connectivity index (χ0v) is 48.7. The molecule has 0 aliphatic rings. The van der Waals surface area contributed by atoms with Gasteiger partial charge in [0.15, 0.2) is 6.10 Å². The highest BCUT2D eigenvalue weighted by Gasteiger charge is 2.19. The molecule has 0 aliphatic carbocycles. The van der Waals surface area contributed by atoms with E-state index in [9.17, 15) is 14.4 Å². The Hall–Kier alpha value is -2.11. The normalized spacial score (nSPS) is 12.1. The van der Waals surface area contributed by atoms with Gasteiger partial charge in [0.2, 0.25) is 0 Å². The minimum atomic E-state index is -0.766. The summed E-state index contributed by atoms with van der Waals surface area (Å²) in [6, 6.07) is 0. The largest absolute Gasteiger partial charge is 0.462 e. The third-order valence-electron chi connectivity index (χ3n) is 14.7. The Labute approximate surface area is 449 Å². The van der Waals surface area contributed by atoms with Gasteiger partial charge in [-0.25, -0.2) is 0 Å². The Balaban J connectivity index is 4.03. The lowest BCUT2D eigenvalue weighted by Crippen LogP contribution is -2.30. The van der Waals surface area contributed by atoms with Crippen molar-refractivity contribution >= 4 is 17.9 Å². The zero-order chi connectivity index (χ0) is 52.2. The summed E-state index contributed by atoms with van der Waals surface area (Å²) >= 11 is 0. The minimum absolute atomic E-state index is 0.0674. The van der Waals surface area contributed by atoms with Crippen LogP contribution in [0.1, 0.15) is 361 Å². The molecule has 424 valence electrons. The van der Waals surface area contributed by atoms with Crippen LogP contribution in [0.25, 0.3) is 0 Å². The van der Waals surface area contributed by atoms with Gasteiger partial charge >= 0.3 is 17.9 Å². The Morgan fingerprint density at radius 3 is 0.694 bits per heavy atom. The second-order valence-corrected chi connectivity index (χ2v) is 22.0. The monoisotopic (exact) mass is 1010 g/mol. The molecule has 6 heteroatoms. The number of carbonyl (C=O) groups excluding carboxylic acids is 3. The number of unbranched alkanes of at least 4 members (excludes halogenated alkanes) is 45. The fourth-order valence-electron chi connectivity index (χ4n) is 9.79. The van der Waals surface area contributed by atoms with Gasteiger partial charge in [-0.2, -0.15) is 0 Å². The molecule has 72 heavy (non-hydrogen) atoms. The molecule has 6 nitrogen and oxygen atoms in total. The predicted molar refractivity (Wildman–Crippen MR) is 312 cm³/mol. The summed E-state index contributed by atoms with van der Waals surface area (Å²) in [5.41, 5.74) is 0. The van der Waals surface area contributed by atoms with Crippen molar-refractivity contribution in [2.24, 2.45) is 0 Å². The lowest BCUT2D eigenvalue weighted by Gasteiger charge is -2.18. The van der Waals surface area contributed by atoms with Crippen molar-refractivity contribution in [1.82, 2.24) is 0 Å². The van der Waals surface area contributed by atoms with Crippen LogP contribution in [0.5, 0.6) is 0 Å². The molecule has 0 aromatic rings. The van der Waals surface area contributed by atoms with E-state index in [1.54, 1.807) is 0 Å². The smallest absolute Gasteiger partial charge is 0.306 e. The molecule has 0 saturated heterocycles. The maximum Gasteiger partial charge on any atom is 0.306 e. The fourth-order valence-corrected chi connectivity index (χ4v) is 9.79. The summed E-state index contributed by atoms with van der Waals surface area (Å²) in [5, 5.41) is 0. The Kier molecular flexibility index (Phi) is 59.6. The van der Waals surface area contributed by atoms with E-state index in [1.165, 1.54) is 263 Å². The van der Waals surface area contributed by atoms with E-state index >= 15 is 0 Å². The van der Waals surface area contributed by atoms with E-state index in [0.29, 0.717) is 19.3 Å². The number of hydrogen-bond donors (Lipinski definition) is 0. The van der Waals surface area contributed by atoms with Crippen molar-refractivity contribution in [2.75, 3.05) is 13.2 Å². The van der Waals surface area contributed by atoms with Gasteiger partial charge in [-0.3, -0.25) is 14.4 Å². The molecule has 0 aromatic heterocycles. The molecule has 0 aromatic carbocycles. The number of rotatable bonds is 60. The average molecular weight is 1010 g/mol. The van der Waals surface area contributed by atoms with Crippen LogP contribution in [-0.4, -0.2) is 37.2 Å². The Morgan fingerprint density at radius 2 is 0.458 bits per heavy atom. The standard InChI is InChI=1S/C66H124O6/c1-4-7-10-13-16-18-20-22-24-26-28-30-32-33-35-36-38-40-42-44-46-48-50-53-56-59-65(68)71-62-63(61-70-64(67)58-55-52-15-12-9-6-3)72-66(69)60-57-54-51-49-47-45-43-41-39-37-34-31-29-27-25-23-21-19-17-14-11-8-5-2/h26-29,63H,4-25,30-62H2,1-3H3/b28-26-,29-27-. The van der Waals surface area contributed by atoms with Crippen molar-refractivity contribution in [3.63, 3.8) is 0 Å². The second-order valence-electron chi connectivity index (χ2n) is 22.0. The molecule has 0 amide bonds. The number of allylic oxidation sites excluding steroid dienone is 4. The maximum absolute atomic E-state index is 12.8.